The summed E-state index contributed by atoms with van der Waals surface area (Å²) in [5.41, 5.74) is -0.439. The Morgan fingerprint density at radius 1 is 1.38 bits per heavy atom. The van der Waals surface area contributed by atoms with Gasteiger partial charge in [0.1, 0.15) is 5.82 Å². The molecule has 0 saturated heterocycles. The highest BCUT2D eigenvalue weighted by molar-refractivity contribution is 7.89. The lowest BCUT2D eigenvalue weighted by molar-refractivity contribution is 0.125. The summed E-state index contributed by atoms with van der Waals surface area (Å²) in [6.07, 6.45) is 2.99. The molecule has 0 amide bonds. The molecule has 0 heterocycles. The number of aliphatic hydroxyl groups is 1. The van der Waals surface area contributed by atoms with Crippen LogP contribution in [0.15, 0.2) is 23.1 Å². The average Bonchev–Trinajstić information content (AvgIpc) is 2.41. The van der Waals surface area contributed by atoms with E-state index in [0.717, 1.165) is 18.9 Å². The fraction of sp³-hybridized carbons (Fsp3) is 0.600. The molecule has 1 saturated carbocycles. The average molecular weight is 315 g/mol. The van der Waals surface area contributed by atoms with Gasteiger partial charge < -0.3 is 5.11 Å². The second kappa shape index (κ2) is 6.02. The molecule has 0 aliphatic heterocycles. The van der Waals surface area contributed by atoms with Crippen molar-refractivity contribution in [3.63, 3.8) is 0 Å². The number of rotatable bonds is 4. The summed E-state index contributed by atoms with van der Waals surface area (Å²) < 4.78 is 40.8. The molecule has 0 atom stereocenters. The quantitative estimate of drug-likeness (QED) is 0.896. The predicted molar refractivity (Wildman–Crippen MR) is 78.9 cm³/mol. The molecule has 1 fully saturated rings. The van der Waals surface area contributed by atoms with Crippen molar-refractivity contribution in [2.45, 2.75) is 50.0 Å². The van der Waals surface area contributed by atoms with Crippen LogP contribution in [0.5, 0.6) is 0 Å². The minimum atomic E-state index is -3.77. The molecule has 1 aromatic rings. The largest absolute Gasteiger partial charge is 0.394 e. The van der Waals surface area contributed by atoms with Gasteiger partial charge in [-0.05, 0) is 62.3 Å². The van der Waals surface area contributed by atoms with E-state index in [2.05, 4.69) is 11.6 Å². The predicted octanol–water partition coefficient (Wildman–Crippen LogP) is 2.35. The van der Waals surface area contributed by atoms with Gasteiger partial charge in [-0.15, -0.1) is 0 Å². The fourth-order valence-corrected chi connectivity index (χ4v) is 4.54. The Bertz CT molecular complexity index is 607. The number of sulfonamides is 1. The normalized spacial score (nSPS) is 26.8. The minimum Gasteiger partial charge on any atom is -0.394 e. The molecule has 21 heavy (non-hydrogen) atoms. The van der Waals surface area contributed by atoms with E-state index in [1.165, 1.54) is 12.1 Å². The van der Waals surface area contributed by atoms with Crippen LogP contribution < -0.4 is 4.72 Å². The third kappa shape index (κ3) is 3.62. The second-order valence-electron chi connectivity index (χ2n) is 6.14. The molecule has 1 aromatic carbocycles. The first kappa shape index (κ1) is 16.4. The summed E-state index contributed by atoms with van der Waals surface area (Å²) in [5.74, 6) is 0.0801. The van der Waals surface area contributed by atoms with Crippen LogP contribution in [-0.4, -0.2) is 25.7 Å². The van der Waals surface area contributed by atoms with Gasteiger partial charge >= 0.3 is 0 Å². The first-order valence-corrected chi connectivity index (χ1v) is 8.67. The van der Waals surface area contributed by atoms with E-state index in [-0.39, 0.29) is 11.5 Å². The minimum absolute atomic E-state index is 0.0651. The van der Waals surface area contributed by atoms with E-state index in [1.807, 2.05) is 0 Å². The van der Waals surface area contributed by atoms with Crippen LogP contribution in [-0.2, 0) is 10.0 Å². The molecule has 2 N–H and O–H groups in total. The Morgan fingerprint density at radius 2 is 2.00 bits per heavy atom. The Labute approximate surface area is 125 Å². The van der Waals surface area contributed by atoms with Crippen LogP contribution in [0.25, 0.3) is 0 Å². The molecule has 0 radical (unpaired) electrons. The number of aryl methyl sites for hydroxylation is 1. The molecule has 0 spiro atoms. The number of hydrogen-bond acceptors (Lipinski definition) is 3. The Balaban J connectivity index is 2.27. The van der Waals surface area contributed by atoms with E-state index >= 15 is 0 Å². The SMILES string of the molecule is Cc1cc(F)ccc1S(=O)(=O)NC1(CO)CCC(C)CC1. The van der Waals surface area contributed by atoms with Gasteiger partial charge in [0.2, 0.25) is 10.0 Å². The second-order valence-corrected chi connectivity index (χ2v) is 7.79. The Kier molecular flexibility index (Phi) is 4.70. The van der Waals surface area contributed by atoms with Gasteiger partial charge in [-0.25, -0.2) is 17.5 Å². The van der Waals surface area contributed by atoms with Gasteiger partial charge in [-0.1, -0.05) is 6.92 Å². The highest BCUT2D eigenvalue weighted by Crippen LogP contribution is 2.33. The summed E-state index contributed by atoms with van der Waals surface area (Å²) in [6.45, 7) is 3.46. The van der Waals surface area contributed by atoms with E-state index in [9.17, 15) is 17.9 Å². The Hall–Kier alpha value is -0.980. The first-order valence-electron chi connectivity index (χ1n) is 7.19. The molecule has 0 aromatic heterocycles. The third-order valence-corrected chi connectivity index (χ3v) is 6.05. The molecule has 1 aliphatic rings. The fourth-order valence-electron chi connectivity index (χ4n) is 2.86. The van der Waals surface area contributed by atoms with Crippen molar-refractivity contribution in [3.8, 4) is 0 Å². The zero-order valence-corrected chi connectivity index (χ0v) is 13.2. The maximum atomic E-state index is 13.1. The van der Waals surface area contributed by atoms with Crippen LogP contribution >= 0.6 is 0 Å². The molecule has 1 aliphatic carbocycles. The molecule has 0 unspecified atom stereocenters. The van der Waals surface area contributed by atoms with Crippen molar-refractivity contribution in [2.75, 3.05) is 6.61 Å². The van der Waals surface area contributed by atoms with Crippen LogP contribution in [0.1, 0.15) is 38.2 Å². The van der Waals surface area contributed by atoms with Gasteiger partial charge in [-0.2, -0.15) is 0 Å². The summed E-state index contributed by atoms with van der Waals surface area (Å²) in [4.78, 5) is 0.0651. The van der Waals surface area contributed by atoms with Crippen LogP contribution in [0, 0.1) is 18.7 Å². The smallest absolute Gasteiger partial charge is 0.241 e. The zero-order valence-electron chi connectivity index (χ0n) is 12.4. The monoisotopic (exact) mass is 315 g/mol. The van der Waals surface area contributed by atoms with Gasteiger partial charge in [0.25, 0.3) is 0 Å². The van der Waals surface area contributed by atoms with E-state index in [0.29, 0.717) is 24.3 Å². The summed E-state index contributed by atoms with van der Waals surface area (Å²) >= 11 is 0. The van der Waals surface area contributed by atoms with Crippen molar-refractivity contribution in [2.24, 2.45) is 5.92 Å². The van der Waals surface area contributed by atoms with Crippen LogP contribution in [0.3, 0.4) is 0 Å². The van der Waals surface area contributed by atoms with Crippen molar-refractivity contribution < 1.29 is 17.9 Å². The molecule has 118 valence electrons. The number of aliphatic hydroxyl groups excluding tert-OH is 1. The molecule has 4 nitrogen and oxygen atoms in total. The standard InChI is InChI=1S/C15H22FNO3S/c1-11-5-7-15(10-18,8-6-11)17-21(19,20)14-4-3-13(16)9-12(14)2/h3-4,9,11,17-18H,5-8,10H2,1-2H3. The zero-order chi connectivity index (χ0) is 15.7. The third-order valence-electron chi connectivity index (χ3n) is 4.31. The Morgan fingerprint density at radius 3 is 2.52 bits per heavy atom. The highest BCUT2D eigenvalue weighted by Gasteiger charge is 2.38. The first-order chi connectivity index (χ1) is 9.78. The molecule has 6 heteroatoms. The van der Waals surface area contributed by atoms with E-state index in [1.54, 1.807) is 6.92 Å². The van der Waals surface area contributed by atoms with E-state index < -0.39 is 21.4 Å². The summed E-state index contributed by atoms with van der Waals surface area (Å²) in [7, 11) is -3.77. The topological polar surface area (TPSA) is 66.4 Å². The van der Waals surface area contributed by atoms with Crippen molar-refractivity contribution in [1.29, 1.82) is 0 Å². The number of halogens is 1. The van der Waals surface area contributed by atoms with Gasteiger partial charge in [0.15, 0.2) is 0 Å². The van der Waals surface area contributed by atoms with Crippen LogP contribution in [0.2, 0.25) is 0 Å². The van der Waals surface area contributed by atoms with Crippen molar-refractivity contribution in [1.82, 2.24) is 4.72 Å². The number of benzene rings is 1. The van der Waals surface area contributed by atoms with Crippen LogP contribution in [0.4, 0.5) is 4.39 Å². The summed E-state index contributed by atoms with van der Waals surface area (Å²) in [5, 5.41) is 9.66. The maximum absolute atomic E-state index is 13.1. The highest BCUT2D eigenvalue weighted by atomic mass is 32.2. The molecule has 0 bridgehead atoms. The van der Waals surface area contributed by atoms with Gasteiger partial charge in [0, 0.05) is 0 Å². The van der Waals surface area contributed by atoms with Crippen molar-refractivity contribution in [3.05, 3.63) is 29.6 Å². The van der Waals surface area contributed by atoms with E-state index in [4.69, 9.17) is 0 Å². The lowest BCUT2D eigenvalue weighted by atomic mass is 9.78. The maximum Gasteiger partial charge on any atom is 0.241 e. The number of hydrogen-bond donors (Lipinski definition) is 2. The van der Waals surface area contributed by atoms with Crippen molar-refractivity contribution >= 4 is 10.0 Å². The molecular formula is C15H22FNO3S. The molecular weight excluding hydrogens is 293 g/mol. The van der Waals surface area contributed by atoms with Gasteiger partial charge in [-0.3, -0.25) is 0 Å². The molecule has 2 rings (SSSR count). The number of nitrogens with one attached hydrogen (secondary N) is 1. The van der Waals surface area contributed by atoms with Gasteiger partial charge in [0.05, 0.1) is 17.0 Å². The lowest BCUT2D eigenvalue weighted by Crippen LogP contribution is -2.53. The lowest BCUT2D eigenvalue weighted by Gasteiger charge is -2.38. The summed E-state index contributed by atoms with van der Waals surface area (Å²) in [6, 6.07) is 3.60.